The maximum Gasteiger partial charge on any atom is 0.341 e. The zero-order valence-electron chi connectivity index (χ0n) is 25.4. The van der Waals surface area contributed by atoms with Crippen LogP contribution in [0.1, 0.15) is 80.8 Å². The van der Waals surface area contributed by atoms with Crippen molar-refractivity contribution < 1.29 is 33.4 Å². The number of phenols is 1. The van der Waals surface area contributed by atoms with Gasteiger partial charge in [0.15, 0.2) is 11.9 Å². The molecule has 13 heteroatoms. The summed E-state index contributed by atoms with van der Waals surface area (Å²) >= 11 is 1.89. The van der Waals surface area contributed by atoms with Crippen molar-refractivity contribution in [3.8, 4) is 5.75 Å². The summed E-state index contributed by atoms with van der Waals surface area (Å²) in [4.78, 5) is 51.5. The summed E-state index contributed by atoms with van der Waals surface area (Å²) in [5.74, 6) is 0.955. The van der Waals surface area contributed by atoms with E-state index in [0.717, 1.165) is 55.2 Å². The maximum absolute atomic E-state index is 13.1. The van der Waals surface area contributed by atoms with E-state index in [-0.39, 0.29) is 47.8 Å². The number of urea groups is 1. The fraction of sp³-hybridized carbons (Fsp3) is 0.625. The molecule has 244 valence electrons. The lowest BCUT2D eigenvalue weighted by Crippen LogP contribution is -2.38. The molecule has 0 radical (unpaired) electrons. The fourth-order valence-electron chi connectivity index (χ4n) is 6.76. The van der Waals surface area contributed by atoms with E-state index < -0.39 is 11.9 Å². The summed E-state index contributed by atoms with van der Waals surface area (Å²) in [6, 6.07) is 3.68. The standard InChI is InChI=1S/C32H42N4O8S/c37-23-11-10-20-19-12-14-36(17-21(19)30(40)44-29(20)27(23)31-42-15-6-16-43-31)26(39)9-2-1-5-13-33-25(38)8-4-3-7-24-28-22(18-45-24)34-32(41)35-28/h10-11,22,24,28,31,37H,1-9,12-18H2,(H,33,38)(H2,34,35,41)/t22-,24-,28-/m0/s1. The molecule has 12 nitrogen and oxygen atoms in total. The molecule has 2 aromatic rings. The zero-order chi connectivity index (χ0) is 31.3. The Hall–Kier alpha value is -3.29. The maximum atomic E-state index is 13.1. The number of fused-ring (bicyclic) bond motifs is 4. The van der Waals surface area contributed by atoms with Gasteiger partial charge in [-0.1, -0.05) is 12.8 Å². The number of carbonyl (C=O) groups is 3. The zero-order valence-corrected chi connectivity index (χ0v) is 26.3. The van der Waals surface area contributed by atoms with E-state index in [2.05, 4.69) is 16.0 Å². The van der Waals surface area contributed by atoms with E-state index in [9.17, 15) is 24.3 Å². The third-order valence-corrected chi connectivity index (χ3v) is 10.7. The van der Waals surface area contributed by atoms with Crippen molar-refractivity contribution in [3.63, 3.8) is 0 Å². The quantitative estimate of drug-likeness (QED) is 0.155. The summed E-state index contributed by atoms with van der Waals surface area (Å²) < 4.78 is 17.1. The number of hydrogen-bond donors (Lipinski definition) is 4. The van der Waals surface area contributed by atoms with Gasteiger partial charge in [-0.2, -0.15) is 11.8 Å². The normalized spacial score (nSPS) is 23.0. The highest BCUT2D eigenvalue weighted by atomic mass is 32.2. The highest BCUT2D eigenvalue weighted by Gasteiger charge is 2.42. The predicted octanol–water partition coefficient (Wildman–Crippen LogP) is 3.22. The molecule has 3 fully saturated rings. The number of unbranched alkanes of at least 4 members (excludes halogenated alkanes) is 3. The Bertz CT molecular complexity index is 1480. The number of aromatic hydroxyl groups is 1. The van der Waals surface area contributed by atoms with Crippen LogP contribution in [0.4, 0.5) is 4.79 Å². The van der Waals surface area contributed by atoms with Gasteiger partial charge in [-0.3, -0.25) is 9.59 Å². The number of amides is 4. The molecule has 0 aliphatic carbocycles. The summed E-state index contributed by atoms with van der Waals surface area (Å²) in [6.45, 7) is 2.27. The largest absolute Gasteiger partial charge is 0.507 e. The highest BCUT2D eigenvalue weighted by Crippen LogP contribution is 2.38. The first-order valence-corrected chi connectivity index (χ1v) is 17.2. The molecule has 0 bridgehead atoms. The third kappa shape index (κ3) is 7.25. The number of ether oxygens (including phenoxy) is 2. The van der Waals surface area contributed by atoms with Gasteiger partial charge >= 0.3 is 11.7 Å². The monoisotopic (exact) mass is 642 g/mol. The van der Waals surface area contributed by atoms with Crippen LogP contribution in [0.5, 0.6) is 5.75 Å². The minimum atomic E-state index is -0.796. The molecule has 45 heavy (non-hydrogen) atoms. The van der Waals surface area contributed by atoms with Gasteiger partial charge < -0.3 is 39.8 Å². The Kier molecular flexibility index (Phi) is 10.2. The van der Waals surface area contributed by atoms with E-state index >= 15 is 0 Å². The number of benzene rings is 1. The molecule has 0 saturated carbocycles. The van der Waals surface area contributed by atoms with Gasteiger partial charge in [-0.25, -0.2) is 9.59 Å². The molecular formula is C32H42N4O8S. The third-order valence-electron chi connectivity index (χ3n) is 9.17. The van der Waals surface area contributed by atoms with E-state index in [1.54, 1.807) is 17.0 Å². The van der Waals surface area contributed by atoms with Crippen LogP contribution in [0, 0.1) is 0 Å². The van der Waals surface area contributed by atoms with Gasteiger partial charge in [0.2, 0.25) is 11.8 Å². The summed E-state index contributed by atoms with van der Waals surface area (Å²) in [5.41, 5.74) is 1.40. The van der Waals surface area contributed by atoms with Gasteiger partial charge in [-0.05, 0) is 56.2 Å². The van der Waals surface area contributed by atoms with Crippen LogP contribution in [0.25, 0.3) is 11.0 Å². The van der Waals surface area contributed by atoms with Crippen molar-refractivity contribution in [1.82, 2.24) is 20.9 Å². The van der Waals surface area contributed by atoms with Gasteiger partial charge in [0.05, 0.1) is 43.0 Å². The van der Waals surface area contributed by atoms with Gasteiger partial charge in [0, 0.05) is 42.3 Å². The van der Waals surface area contributed by atoms with Crippen LogP contribution in [0.15, 0.2) is 21.3 Å². The van der Waals surface area contributed by atoms with E-state index in [0.29, 0.717) is 68.4 Å². The van der Waals surface area contributed by atoms with Crippen molar-refractivity contribution in [2.75, 3.05) is 32.1 Å². The molecule has 1 aromatic heterocycles. The van der Waals surface area contributed by atoms with Gasteiger partial charge in [0.25, 0.3) is 0 Å². The van der Waals surface area contributed by atoms with Crippen LogP contribution in [-0.2, 0) is 32.0 Å². The molecule has 4 aliphatic heterocycles. The summed E-state index contributed by atoms with van der Waals surface area (Å²) in [7, 11) is 0. The van der Waals surface area contributed by atoms with Crippen LogP contribution < -0.4 is 21.6 Å². The van der Waals surface area contributed by atoms with Crippen molar-refractivity contribution in [2.24, 2.45) is 0 Å². The van der Waals surface area contributed by atoms with E-state index in [1.165, 1.54) is 0 Å². The Morgan fingerprint density at radius 1 is 1.02 bits per heavy atom. The second-order valence-electron chi connectivity index (χ2n) is 12.2. The topological polar surface area (TPSA) is 159 Å². The van der Waals surface area contributed by atoms with Crippen LogP contribution in [0.2, 0.25) is 0 Å². The molecule has 1 aromatic carbocycles. The van der Waals surface area contributed by atoms with E-state index in [1.807, 2.05) is 11.8 Å². The van der Waals surface area contributed by atoms with Crippen LogP contribution in [-0.4, -0.2) is 77.2 Å². The molecule has 4 aliphatic rings. The fourth-order valence-corrected chi connectivity index (χ4v) is 8.30. The average molecular weight is 643 g/mol. The first-order chi connectivity index (χ1) is 21.9. The molecule has 4 amide bonds. The van der Waals surface area contributed by atoms with Crippen LogP contribution >= 0.6 is 11.8 Å². The lowest BCUT2D eigenvalue weighted by atomic mass is 9.95. The molecule has 3 saturated heterocycles. The smallest absolute Gasteiger partial charge is 0.341 e. The first-order valence-electron chi connectivity index (χ1n) is 16.2. The van der Waals surface area contributed by atoms with Crippen molar-refractivity contribution >= 4 is 40.6 Å². The second-order valence-corrected chi connectivity index (χ2v) is 13.5. The SMILES string of the molecule is O=C(CCCC[C@@H]1SC[C@@H]2NC(=O)N[C@@H]21)NCCCCCC(=O)N1CCc2c(c(=O)oc3c(C4OCCCO4)c(O)ccc23)C1. The van der Waals surface area contributed by atoms with Crippen molar-refractivity contribution in [2.45, 2.75) is 94.4 Å². The van der Waals surface area contributed by atoms with Gasteiger partial charge in [0.1, 0.15) is 5.75 Å². The predicted molar refractivity (Wildman–Crippen MR) is 168 cm³/mol. The number of carbonyl (C=O) groups excluding carboxylic acids is 3. The Morgan fingerprint density at radius 2 is 1.84 bits per heavy atom. The molecule has 0 spiro atoms. The summed E-state index contributed by atoms with van der Waals surface area (Å²) in [5, 5.41) is 20.6. The molecule has 3 atom stereocenters. The van der Waals surface area contributed by atoms with Crippen LogP contribution in [0.3, 0.4) is 0 Å². The minimum Gasteiger partial charge on any atom is -0.507 e. The molecule has 0 unspecified atom stereocenters. The van der Waals surface area contributed by atoms with Gasteiger partial charge in [-0.15, -0.1) is 0 Å². The van der Waals surface area contributed by atoms with Crippen molar-refractivity contribution in [3.05, 3.63) is 39.2 Å². The summed E-state index contributed by atoms with van der Waals surface area (Å²) in [6.07, 6.45) is 6.47. The Balaban J connectivity index is 0.897. The number of nitrogens with zero attached hydrogens (tertiary/aromatic N) is 1. The number of rotatable bonds is 12. The lowest BCUT2D eigenvalue weighted by molar-refractivity contribution is -0.183. The molecule has 5 heterocycles. The minimum absolute atomic E-state index is 0.000666. The average Bonchev–Trinajstić information content (AvgIpc) is 3.60. The Morgan fingerprint density at radius 3 is 2.69 bits per heavy atom. The molecular weight excluding hydrogens is 600 g/mol. The number of phenolic OH excluding ortho intramolecular Hbond substituents is 1. The lowest BCUT2D eigenvalue weighted by Gasteiger charge is -2.29. The second kappa shape index (κ2) is 14.4. The number of nitrogens with one attached hydrogen (secondary N) is 3. The number of hydrogen-bond acceptors (Lipinski definition) is 9. The Labute approximate surface area is 265 Å². The molecule has 6 rings (SSSR count). The first kappa shape index (κ1) is 31.7. The van der Waals surface area contributed by atoms with Crippen molar-refractivity contribution in [1.29, 1.82) is 0 Å². The number of thioether (sulfide) groups is 1. The highest BCUT2D eigenvalue weighted by molar-refractivity contribution is 8.00. The molecule has 4 N–H and O–H groups in total. The van der Waals surface area contributed by atoms with E-state index in [4.69, 9.17) is 13.9 Å².